The molecule has 0 aromatic heterocycles. The van der Waals surface area contributed by atoms with Crippen molar-refractivity contribution in [3.63, 3.8) is 0 Å². The van der Waals surface area contributed by atoms with Gasteiger partial charge >= 0.3 is 11.9 Å². The van der Waals surface area contributed by atoms with E-state index in [4.69, 9.17) is 44.3 Å². The first-order valence-corrected chi connectivity index (χ1v) is 7.97. The van der Waals surface area contributed by atoms with E-state index in [0.717, 1.165) is 6.42 Å². The molecular weight excluding hydrogens is 351 g/mol. The first kappa shape index (κ1) is 19.1. The minimum atomic E-state index is -0.619. The van der Waals surface area contributed by atoms with Crippen LogP contribution < -0.4 is 4.74 Å². The summed E-state index contributed by atoms with van der Waals surface area (Å²) in [5.74, 6) is -0.731. The van der Waals surface area contributed by atoms with Gasteiger partial charge in [0.15, 0.2) is 5.75 Å². The molecule has 4 nitrogen and oxygen atoms in total. The first-order chi connectivity index (χ1) is 10.3. The van der Waals surface area contributed by atoms with Gasteiger partial charge in [0.05, 0.1) is 29.5 Å². The number of rotatable bonds is 7. The van der Waals surface area contributed by atoms with Gasteiger partial charge in [-0.05, 0) is 18.1 Å². The third-order valence-corrected chi connectivity index (χ3v) is 3.72. The van der Waals surface area contributed by atoms with Crippen LogP contribution in [0.3, 0.4) is 0 Å². The Labute approximate surface area is 144 Å². The van der Waals surface area contributed by atoms with Gasteiger partial charge in [0.2, 0.25) is 0 Å². The van der Waals surface area contributed by atoms with Gasteiger partial charge in [0.25, 0.3) is 0 Å². The van der Waals surface area contributed by atoms with Crippen LogP contribution in [0.15, 0.2) is 12.1 Å². The lowest BCUT2D eigenvalue weighted by atomic mass is 10.1. The molecule has 0 fully saturated rings. The summed E-state index contributed by atoms with van der Waals surface area (Å²) in [6.45, 7) is 4.33. The van der Waals surface area contributed by atoms with Gasteiger partial charge in [-0.3, -0.25) is 9.59 Å². The highest BCUT2D eigenvalue weighted by Gasteiger charge is 2.15. The molecule has 0 aliphatic carbocycles. The molecule has 1 aromatic carbocycles. The topological polar surface area (TPSA) is 52.6 Å². The van der Waals surface area contributed by atoms with Crippen molar-refractivity contribution in [1.29, 1.82) is 0 Å². The van der Waals surface area contributed by atoms with Crippen LogP contribution in [0.2, 0.25) is 15.1 Å². The Kier molecular flexibility index (Phi) is 8.01. The van der Waals surface area contributed by atoms with Crippen molar-refractivity contribution in [2.75, 3.05) is 6.61 Å². The Bertz CT molecular complexity index is 523. The Morgan fingerprint density at radius 3 is 2.18 bits per heavy atom. The Hall–Kier alpha value is -0.970. The molecule has 1 aromatic rings. The quantitative estimate of drug-likeness (QED) is 0.507. The number of hydrogen-bond donors (Lipinski definition) is 0. The molecule has 0 aliphatic rings. The Balaban J connectivity index is 2.46. The molecule has 0 bridgehead atoms. The van der Waals surface area contributed by atoms with Crippen molar-refractivity contribution in [2.24, 2.45) is 5.92 Å². The lowest BCUT2D eigenvalue weighted by Gasteiger charge is -2.10. The van der Waals surface area contributed by atoms with Crippen LogP contribution in [0.5, 0.6) is 5.75 Å². The standard InChI is InChI=1S/C15H17Cl3O4/c1-3-9(2)8-21-13(19)4-5-14(20)22-15-11(17)6-10(16)7-12(15)18/h6-7,9H,3-5,8H2,1-2H3. The van der Waals surface area contributed by atoms with E-state index < -0.39 is 11.9 Å². The van der Waals surface area contributed by atoms with Crippen LogP contribution in [-0.4, -0.2) is 18.5 Å². The van der Waals surface area contributed by atoms with Crippen LogP contribution in [-0.2, 0) is 14.3 Å². The van der Waals surface area contributed by atoms with E-state index in [2.05, 4.69) is 0 Å². The summed E-state index contributed by atoms with van der Waals surface area (Å²) in [6, 6.07) is 2.83. The van der Waals surface area contributed by atoms with Crippen LogP contribution in [0.25, 0.3) is 0 Å². The van der Waals surface area contributed by atoms with Crippen molar-refractivity contribution in [2.45, 2.75) is 33.1 Å². The van der Waals surface area contributed by atoms with E-state index in [-0.39, 0.29) is 28.6 Å². The first-order valence-electron chi connectivity index (χ1n) is 6.84. The number of esters is 2. The Morgan fingerprint density at radius 1 is 1.09 bits per heavy atom. The van der Waals surface area contributed by atoms with Crippen LogP contribution >= 0.6 is 34.8 Å². The number of halogens is 3. The zero-order chi connectivity index (χ0) is 16.7. The SMILES string of the molecule is CCC(C)COC(=O)CCC(=O)Oc1c(Cl)cc(Cl)cc1Cl. The molecule has 0 aliphatic heterocycles. The molecule has 0 amide bonds. The van der Waals surface area contributed by atoms with E-state index in [1.807, 2.05) is 13.8 Å². The number of ether oxygens (including phenoxy) is 2. The van der Waals surface area contributed by atoms with Gasteiger partial charge in [0, 0.05) is 5.02 Å². The van der Waals surface area contributed by atoms with Gasteiger partial charge < -0.3 is 9.47 Å². The zero-order valence-electron chi connectivity index (χ0n) is 12.3. The smallest absolute Gasteiger partial charge is 0.311 e. The fraction of sp³-hybridized carbons (Fsp3) is 0.467. The van der Waals surface area contributed by atoms with Crippen molar-refractivity contribution in [3.8, 4) is 5.75 Å². The maximum atomic E-state index is 11.7. The molecule has 0 radical (unpaired) electrons. The molecule has 1 rings (SSSR count). The van der Waals surface area contributed by atoms with Gasteiger partial charge in [-0.2, -0.15) is 0 Å². The normalized spacial score (nSPS) is 11.9. The Morgan fingerprint density at radius 2 is 1.64 bits per heavy atom. The molecule has 0 N–H and O–H groups in total. The van der Waals surface area contributed by atoms with Crippen molar-refractivity contribution in [1.82, 2.24) is 0 Å². The van der Waals surface area contributed by atoms with Crippen LogP contribution in [0.4, 0.5) is 0 Å². The summed E-state index contributed by atoms with van der Waals surface area (Å²) in [4.78, 5) is 23.2. The summed E-state index contributed by atoms with van der Waals surface area (Å²) in [5, 5.41) is 0.596. The van der Waals surface area contributed by atoms with Crippen molar-refractivity contribution < 1.29 is 19.1 Å². The second-order valence-corrected chi connectivity index (χ2v) is 6.12. The monoisotopic (exact) mass is 366 g/mol. The van der Waals surface area contributed by atoms with E-state index in [9.17, 15) is 9.59 Å². The summed E-state index contributed by atoms with van der Waals surface area (Å²) in [6.07, 6.45) is 0.746. The molecule has 22 heavy (non-hydrogen) atoms. The van der Waals surface area contributed by atoms with Crippen LogP contribution in [0, 0.1) is 5.92 Å². The van der Waals surface area contributed by atoms with E-state index in [0.29, 0.717) is 17.5 Å². The summed E-state index contributed by atoms with van der Waals surface area (Å²) in [7, 11) is 0. The summed E-state index contributed by atoms with van der Waals surface area (Å²) in [5.41, 5.74) is 0. The maximum absolute atomic E-state index is 11.7. The molecule has 1 unspecified atom stereocenters. The summed E-state index contributed by atoms with van der Waals surface area (Å²) < 4.78 is 10.1. The highest BCUT2D eigenvalue weighted by atomic mass is 35.5. The highest BCUT2D eigenvalue weighted by molar-refractivity contribution is 6.40. The molecule has 7 heteroatoms. The lowest BCUT2D eigenvalue weighted by Crippen LogP contribution is -2.15. The molecule has 0 heterocycles. The van der Waals surface area contributed by atoms with Gasteiger partial charge in [-0.15, -0.1) is 0 Å². The van der Waals surface area contributed by atoms with Crippen LogP contribution in [0.1, 0.15) is 33.1 Å². The van der Waals surface area contributed by atoms with Gasteiger partial charge in [0.1, 0.15) is 0 Å². The summed E-state index contributed by atoms with van der Waals surface area (Å²) >= 11 is 17.6. The third-order valence-electron chi connectivity index (χ3n) is 2.94. The minimum absolute atomic E-state index is 0.0331. The molecule has 122 valence electrons. The van der Waals surface area contributed by atoms with Gasteiger partial charge in [-0.1, -0.05) is 55.1 Å². The second kappa shape index (κ2) is 9.23. The maximum Gasteiger partial charge on any atom is 0.311 e. The number of carbonyl (C=O) groups is 2. The highest BCUT2D eigenvalue weighted by Crippen LogP contribution is 2.36. The molecular formula is C15H17Cl3O4. The van der Waals surface area contributed by atoms with E-state index in [1.54, 1.807) is 0 Å². The average Bonchev–Trinajstić information content (AvgIpc) is 2.46. The second-order valence-electron chi connectivity index (χ2n) is 4.87. The molecule has 0 saturated carbocycles. The fourth-order valence-electron chi connectivity index (χ4n) is 1.42. The number of benzene rings is 1. The number of carbonyl (C=O) groups excluding carboxylic acids is 2. The zero-order valence-corrected chi connectivity index (χ0v) is 14.6. The van der Waals surface area contributed by atoms with Gasteiger partial charge in [-0.25, -0.2) is 0 Å². The third kappa shape index (κ3) is 6.42. The molecule has 1 atom stereocenters. The van der Waals surface area contributed by atoms with E-state index >= 15 is 0 Å². The predicted octanol–water partition coefficient (Wildman–Crippen LogP) is 4.92. The van der Waals surface area contributed by atoms with Crippen molar-refractivity contribution in [3.05, 3.63) is 27.2 Å². The van der Waals surface area contributed by atoms with Crippen molar-refractivity contribution >= 4 is 46.7 Å². The fourth-order valence-corrected chi connectivity index (χ4v) is 2.31. The molecule has 0 saturated heterocycles. The van der Waals surface area contributed by atoms with E-state index in [1.165, 1.54) is 12.1 Å². The average molecular weight is 368 g/mol. The lowest BCUT2D eigenvalue weighted by molar-refractivity contribution is -0.147. The number of hydrogen-bond acceptors (Lipinski definition) is 4. The minimum Gasteiger partial charge on any atom is -0.465 e. The predicted molar refractivity (Wildman–Crippen MR) is 86.8 cm³/mol. The largest absolute Gasteiger partial charge is 0.465 e. The molecule has 0 spiro atoms.